The number of likely N-dealkylation sites (tertiary alicyclic amines) is 1. The van der Waals surface area contributed by atoms with Gasteiger partial charge in [-0.3, -0.25) is 9.59 Å². The van der Waals surface area contributed by atoms with Crippen LogP contribution in [-0.2, 0) is 9.59 Å². The molecule has 6 nitrogen and oxygen atoms in total. The first-order valence-electron chi connectivity index (χ1n) is 10.6. The standard InChI is InChI=1S/C25H30N2O4/c1-4-16-31-20-13-8-12-19(17-20)22-21(23(28)18-10-6-5-7-11-18)24(29)25(30)27(22)15-9-14-26(2)3/h5-8,10-13,17,22,28H,4,9,14-16H2,1-3H3/t22-/m1/s1. The minimum Gasteiger partial charge on any atom is -0.507 e. The van der Waals surface area contributed by atoms with Crippen molar-refractivity contribution >= 4 is 17.4 Å². The Morgan fingerprint density at radius 2 is 1.84 bits per heavy atom. The van der Waals surface area contributed by atoms with Gasteiger partial charge in [0.25, 0.3) is 11.7 Å². The SMILES string of the molecule is CCCOc1cccc([C@@H]2C(=C(O)c3ccccc3)C(=O)C(=O)N2CCCN(C)C)c1. The second-order valence-electron chi connectivity index (χ2n) is 7.94. The summed E-state index contributed by atoms with van der Waals surface area (Å²) < 4.78 is 5.76. The number of Topliss-reactive ketones (excluding diaryl/α,β-unsaturated/α-hetero) is 1. The highest BCUT2D eigenvalue weighted by Gasteiger charge is 2.45. The molecule has 1 fully saturated rings. The molecule has 0 aromatic heterocycles. The van der Waals surface area contributed by atoms with Gasteiger partial charge in [0.15, 0.2) is 0 Å². The molecule has 1 aliphatic rings. The van der Waals surface area contributed by atoms with Gasteiger partial charge in [0.2, 0.25) is 0 Å². The molecule has 1 aliphatic heterocycles. The van der Waals surface area contributed by atoms with Gasteiger partial charge in [-0.25, -0.2) is 0 Å². The lowest BCUT2D eigenvalue weighted by atomic mass is 9.95. The van der Waals surface area contributed by atoms with E-state index < -0.39 is 17.7 Å². The summed E-state index contributed by atoms with van der Waals surface area (Å²) in [5, 5.41) is 11.0. The summed E-state index contributed by atoms with van der Waals surface area (Å²) in [6.07, 6.45) is 1.59. The topological polar surface area (TPSA) is 70.1 Å². The first-order chi connectivity index (χ1) is 14.9. The maximum atomic E-state index is 13.0. The number of rotatable bonds is 9. The minimum atomic E-state index is -0.660. The zero-order chi connectivity index (χ0) is 22.4. The maximum absolute atomic E-state index is 13.0. The molecule has 2 aromatic carbocycles. The Morgan fingerprint density at radius 1 is 1.10 bits per heavy atom. The quantitative estimate of drug-likeness (QED) is 0.378. The van der Waals surface area contributed by atoms with Crippen molar-refractivity contribution in [2.45, 2.75) is 25.8 Å². The van der Waals surface area contributed by atoms with E-state index in [1.807, 2.05) is 56.3 Å². The van der Waals surface area contributed by atoms with Crippen molar-refractivity contribution in [2.24, 2.45) is 0 Å². The molecule has 1 atom stereocenters. The normalized spacial score (nSPS) is 18.1. The van der Waals surface area contributed by atoms with Crippen LogP contribution < -0.4 is 4.74 Å². The van der Waals surface area contributed by atoms with Crippen LogP contribution in [0.2, 0.25) is 0 Å². The highest BCUT2D eigenvalue weighted by Crippen LogP contribution is 2.40. The molecule has 0 radical (unpaired) electrons. The number of hydrogen-bond donors (Lipinski definition) is 1. The van der Waals surface area contributed by atoms with Gasteiger partial charge in [-0.15, -0.1) is 0 Å². The smallest absolute Gasteiger partial charge is 0.295 e. The fourth-order valence-corrected chi connectivity index (χ4v) is 3.76. The molecule has 2 aromatic rings. The first-order valence-corrected chi connectivity index (χ1v) is 10.6. The lowest BCUT2D eigenvalue weighted by molar-refractivity contribution is -0.139. The van der Waals surface area contributed by atoms with E-state index in [1.54, 1.807) is 29.2 Å². The Labute approximate surface area is 183 Å². The molecule has 164 valence electrons. The Bertz CT molecular complexity index is 953. The second kappa shape index (κ2) is 10.3. The van der Waals surface area contributed by atoms with Gasteiger partial charge in [0, 0.05) is 12.1 Å². The number of carbonyl (C=O) groups excluding carboxylic acids is 2. The summed E-state index contributed by atoms with van der Waals surface area (Å²) in [6.45, 7) is 3.81. The molecule has 0 bridgehead atoms. The lowest BCUT2D eigenvalue weighted by Crippen LogP contribution is -2.32. The van der Waals surface area contributed by atoms with Crippen molar-refractivity contribution < 1.29 is 19.4 Å². The van der Waals surface area contributed by atoms with Crippen LogP contribution in [0.5, 0.6) is 5.75 Å². The van der Waals surface area contributed by atoms with E-state index in [2.05, 4.69) is 0 Å². The molecule has 31 heavy (non-hydrogen) atoms. The molecule has 6 heteroatoms. The molecule has 1 N–H and O–H groups in total. The van der Waals surface area contributed by atoms with E-state index in [4.69, 9.17) is 4.74 Å². The highest BCUT2D eigenvalue weighted by atomic mass is 16.5. The number of ether oxygens (including phenoxy) is 1. The summed E-state index contributed by atoms with van der Waals surface area (Å²) >= 11 is 0. The summed E-state index contributed by atoms with van der Waals surface area (Å²) in [5.74, 6) is -0.714. The molecule has 0 unspecified atom stereocenters. The predicted molar refractivity (Wildman–Crippen MR) is 121 cm³/mol. The Hall–Kier alpha value is -3.12. The average Bonchev–Trinajstić information content (AvgIpc) is 3.03. The molecular formula is C25H30N2O4. The zero-order valence-electron chi connectivity index (χ0n) is 18.4. The number of ketones is 1. The van der Waals surface area contributed by atoms with Crippen LogP contribution in [0.25, 0.3) is 5.76 Å². The van der Waals surface area contributed by atoms with E-state index >= 15 is 0 Å². The van der Waals surface area contributed by atoms with Crippen LogP contribution in [0.3, 0.4) is 0 Å². The minimum absolute atomic E-state index is 0.119. The molecule has 1 heterocycles. The molecule has 0 spiro atoms. The molecule has 0 aliphatic carbocycles. The number of aliphatic hydroxyl groups is 1. The number of carbonyl (C=O) groups is 2. The molecular weight excluding hydrogens is 392 g/mol. The lowest BCUT2D eigenvalue weighted by Gasteiger charge is -2.26. The number of nitrogens with zero attached hydrogens (tertiary/aromatic N) is 2. The number of amides is 1. The van der Waals surface area contributed by atoms with Crippen LogP contribution in [0.15, 0.2) is 60.2 Å². The zero-order valence-corrected chi connectivity index (χ0v) is 18.4. The highest BCUT2D eigenvalue weighted by molar-refractivity contribution is 6.46. The van der Waals surface area contributed by atoms with E-state index in [1.165, 1.54) is 0 Å². The Morgan fingerprint density at radius 3 is 2.52 bits per heavy atom. The van der Waals surface area contributed by atoms with Gasteiger partial charge in [-0.1, -0.05) is 49.4 Å². The van der Waals surface area contributed by atoms with Gasteiger partial charge < -0.3 is 19.6 Å². The third-order valence-corrected chi connectivity index (χ3v) is 5.24. The maximum Gasteiger partial charge on any atom is 0.295 e. The third kappa shape index (κ3) is 5.14. The Balaban J connectivity index is 2.06. The number of aliphatic hydroxyl groups excluding tert-OH is 1. The average molecular weight is 423 g/mol. The van der Waals surface area contributed by atoms with Crippen LogP contribution in [-0.4, -0.2) is 60.4 Å². The second-order valence-corrected chi connectivity index (χ2v) is 7.94. The van der Waals surface area contributed by atoms with Crippen molar-refractivity contribution in [1.29, 1.82) is 0 Å². The summed E-state index contributed by atoms with van der Waals surface area (Å²) in [6, 6.07) is 15.6. The van der Waals surface area contributed by atoms with E-state index in [9.17, 15) is 14.7 Å². The van der Waals surface area contributed by atoms with Gasteiger partial charge in [0.05, 0.1) is 18.2 Å². The fraction of sp³-hybridized carbons (Fsp3) is 0.360. The third-order valence-electron chi connectivity index (χ3n) is 5.24. The van der Waals surface area contributed by atoms with Crippen LogP contribution in [0, 0.1) is 0 Å². The van der Waals surface area contributed by atoms with E-state index in [-0.39, 0.29) is 11.3 Å². The van der Waals surface area contributed by atoms with Crippen molar-refractivity contribution in [2.75, 3.05) is 33.8 Å². The van der Waals surface area contributed by atoms with Gasteiger partial charge >= 0.3 is 0 Å². The van der Waals surface area contributed by atoms with E-state index in [0.29, 0.717) is 30.9 Å². The van der Waals surface area contributed by atoms with Crippen molar-refractivity contribution in [3.05, 3.63) is 71.3 Å². The monoisotopic (exact) mass is 422 g/mol. The summed E-state index contributed by atoms with van der Waals surface area (Å²) in [4.78, 5) is 29.6. The van der Waals surface area contributed by atoms with Crippen LogP contribution in [0.4, 0.5) is 0 Å². The van der Waals surface area contributed by atoms with Crippen molar-refractivity contribution in [3.8, 4) is 5.75 Å². The van der Waals surface area contributed by atoms with Crippen molar-refractivity contribution in [3.63, 3.8) is 0 Å². The predicted octanol–water partition coefficient (Wildman–Crippen LogP) is 3.85. The van der Waals surface area contributed by atoms with Crippen LogP contribution >= 0.6 is 0 Å². The van der Waals surface area contributed by atoms with Crippen LogP contribution in [0.1, 0.15) is 36.9 Å². The fourth-order valence-electron chi connectivity index (χ4n) is 3.76. The summed E-state index contributed by atoms with van der Waals surface area (Å²) in [5.41, 5.74) is 1.38. The van der Waals surface area contributed by atoms with Gasteiger partial charge in [-0.2, -0.15) is 0 Å². The largest absolute Gasteiger partial charge is 0.507 e. The first kappa shape index (κ1) is 22.6. The van der Waals surface area contributed by atoms with Gasteiger partial charge in [-0.05, 0) is 51.2 Å². The molecule has 1 amide bonds. The Kier molecular flexibility index (Phi) is 7.47. The molecule has 3 rings (SSSR count). The van der Waals surface area contributed by atoms with Gasteiger partial charge in [0.1, 0.15) is 11.5 Å². The van der Waals surface area contributed by atoms with E-state index in [0.717, 1.165) is 18.5 Å². The number of hydrogen-bond acceptors (Lipinski definition) is 5. The number of benzene rings is 2. The molecule has 0 saturated carbocycles. The van der Waals surface area contributed by atoms with Crippen molar-refractivity contribution in [1.82, 2.24) is 9.80 Å². The molecule has 1 saturated heterocycles. The summed E-state index contributed by atoms with van der Waals surface area (Å²) in [7, 11) is 3.94.